The van der Waals surface area contributed by atoms with Crippen molar-refractivity contribution in [3.05, 3.63) is 101 Å². The van der Waals surface area contributed by atoms with E-state index in [9.17, 15) is 24.3 Å². The number of benzene rings is 3. The van der Waals surface area contributed by atoms with Gasteiger partial charge in [0.25, 0.3) is 0 Å². The number of phenols is 1. The highest BCUT2D eigenvalue weighted by molar-refractivity contribution is 5.95. The molecule has 0 spiro atoms. The number of carbonyl (C=O) groups is 4. The molecule has 1 fully saturated rings. The number of nitrogens with zero attached hydrogens (tertiary/aromatic N) is 1. The van der Waals surface area contributed by atoms with Crippen LogP contribution in [0.2, 0.25) is 0 Å². The number of likely N-dealkylation sites (tertiary alicyclic amines) is 1. The predicted molar refractivity (Wildman–Crippen MR) is 167 cm³/mol. The van der Waals surface area contributed by atoms with Crippen molar-refractivity contribution in [3.8, 4) is 5.75 Å². The highest BCUT2D eigenvalue weighted by Crippen LogP contribution is 2.24. The fourth-order valence-corrected chi connectivity index (χ4v) is 5.62. The van der Waals surface area contributed by atoms with E-state index in [-0.39, 0.29) is 31.3 Å². The normalized spacial score (nSPS) is 17.2. The molecule has 4 atom stereocenters. The van der Waals surface area contributed by atoms with E-state index in [4.69, 9.17) is 14.2 Å². The number of hydrogen-bond donors (Lipinski definition) is 5. The Morgan fingerprint density at radius 1 is 0.909 bits per heavy atom. The van der Waals surface area contributed by atoms with Crippen LogP contribution in [0.5, 0.6) is 5.75 Å². The molecule has 3 aromatic carbocycles. The number of carbonyl (C=O) groups excluding carboxylic acids is 4. The Morgan fingerprint density at radius 3 is 2.00 bits per heavy atom. The Kier molecular flexibility index (Phi) is 9.78. The van der Waals surface area contributed by atoms with Gasteiger partial charge in [-0.3, -0.25) is 19.2 Å². The highest BCUT2D eigenvalue weighted by atomic mass is 16.3. The molecule has 1 heterocycles. The van der Waals surface area contributed by atoms with Crippen LogP contribution >= 0.6 is 0 Å². The van der Waals surface area contributed by atoms with Gasteiger partial charge in [-0.2, -0.15) is 0 Å². The number of phenolic OH excluding ortho intramolecular Hbond substituents is 1. The first-order valence-electron chi connectivity index (χ1n) is 15.7. The number of aromatic hydroxyl groups is 1. The molecule has 0 bridgehead atoms. The minimum atomic E-state index is -1.06. The number of amides is 4. The maximum Gasteiger partial charge on any atom is 0.243 e. The van der Waals surface area contributed by atoms with Gasteiger partial charge in [0.2, 0.25) is 23.6 Å². The van der Waals surface area contributed by atoms with E-state index in [1.807, 2.05) is 60.7 Å². The standard InChI is InChI=1S/C34H41N5O5/c1-21-16-25(40)17-22(2)26(21)20-27(35)34(44)39-15-9-14-30(39)33(43)38-29(19-24-12-7-4-8-13-24)32(42)37-28(31(36)41)18-23-10-5-3-6-11-23/h3-8,10-13,16-17,27-30,40H,9,14-15,18-20,35H2,1-2H3,(H2,36,41)(H,37,42)(H,38,43)/t27-,28-,29-,30-/m0/s1/i16T,17T. The highest BCUT2D eigenvalue weighted by Gasteiger charge is 2.38. The molecule has 3 aromatic rings. The monoisotopic (exact) mass is 603 g/mol. The summed E-state index contributed by atoms with van der Waals surface area (Å²) in [5.41, 5.74) is 15.0. The minimum Gasteiger partial charge on any atom is -0.508 e. The van der Waals surface area contributed by atoms with E-state index in [0.29, 0.717) is 36.1 Å². The van der Waals surface area contributed by atoms with Crippen LogP contribution in [0.1, 0.15) is 43.4 Å². The quantitative estimate of drug-likeness (QED) is 0.212. The Balaban J connectivity index is 1.50. The largest absolute Gasteiger partial charge is 0.508 e. The van der Waals surface area contributed by atoms with Crippen molar-refractivity contribution in [2.75, 3.05) is 6.54 Å². The van der Waals surface area contributed by atoms with Crippen molar-refractivity contribution in [1.29, 1.82) is 0 Å². The molecule has 0 saturated carbocycles. The Hall–Kier alpha value is -4.70. The number of nitrogens with two attached hydrogens (primary N) is 2. The molecule has 232 valence electrons. The van der Waals surface area contributed by atoms with Crippen LogP contribution in [0.25, 0.3) is 0 Å². The fourth-order valence-electron chi connectivity index (χ4n) is 5.62. The van der Waals surface area contributed by atoms with Crippen LogP contribution in [0.3, 0.4) is 0 Å². The Labute approximate surface area is 260 Å². The van der Waals surface area contributed by atoms with E-state index in [0.717, 1.165) is 11.1 Å². The topological polar surface area (TPSA) is 168 Å². The van der Waals surface area contributed by atoms with Crippen LogP contribution in [0.15, 0.2) is 72.7 Å². The van der Waals surface area contributed by atoms with Gasteiger partial charge in [-0.05, 0) is 73.0 Å². The molecule has 44 heavy (non-hydrogen) atoms. The first-order chi connectivity index (χ1) is 21.9. The summed E-state index contributed by atoms with van der Waals surface area (Å²) < 4.78 is 16.2. The zero-order valence-electron chi connectivity index (χ0n) is 27.0. The summed E-state index contributed by atoms with van der Waals surface area (Å²) in [6, 6.07) is 13.9. The molecule has 1 saturated heterocycles. The molecule has 10 nitrogen and oxygen atoms in total. The van der Waals surface area contributed by atoms with Crippen molar-refractivity contribution < 1.29 is 27.0 Å². The molecule has 0 unspecified atom stereocenters. The van der Waals surface area contributed by atoms with E-state index in [2.05, 4.69) is 10.6 Å². The first-order valence-corrected chi connectivity index (χ1v) is 14.7. The number of rotatable bonds is 12. The third-order valence-corrected chi connectivity index (χ3v) is 7.96. The van der Waals surface area contributed by atoms with Crippen LogP contribution in [-0.2, 0) is 38.4 Å². The molecule has 0 radical (unpaired) electrons. The molecule has 4 rings (SSSR count). The van der Waals surface area contributed by atoms with Gasteiger partial charge in [0.05, 0.1) is 8.78 Å². The maximum absolute atomic E-state index is 13.7. The smallest absolute Gasteiger partial charge is 0.243 e. The average molecular weight is 604 g/mol. The zero-order valence-corrected chi connectivity index (χ0v) is 25.0. The fraction of sp³-hybridized carbons (Fsp3) is 0.353. The lowest BCUT2D eigenvalue weighted by Gasteiger charge is -2.29. The predicted octanol–water partition coefficient (Wildman–Crippen LogP) is 1.81. The molecule has 1 aliphatic heterocycles. The molecule has 0 aliphatic carbocycles. The van der Waals surface area contributed by atoms with Crippen molar-refractivity contribution in [3.63, 3.8) is 0 Å². The SMILES string of the molecule is [3H]c1c(C)c(C[C@H](N)C(=O)N2CCC[C@H]2C(=O)N[C@@H](Cc2ccccc2)C(=O)N[C@@H](Cc2ccccc2)C(N)=O)c(C)c([3H])c1O. The Morgan fingerprint density at radius 2 is 1.45 bits per heavy atom. The summed E-state index contributed by atoms with van der Waals surface area (Å²) >= 11 is 0. The average Bonchev–Trinajstić information content (AvgIpc) is 3.55. The second kappa shape index (κ2) is 14.7. The van der Waals surface area contributed by atoms with Crippen molar-refractivity contribution in [2.24, 2.45) is 11.5 Å². The van der Waals surface area contributed by atoms with E-state index in [1.54, 1.807) is 13.8 Å². The second-order valence-electron chi connectivity index (χ2n) is 11.2. The van der Waals surface area contributed by atoms with Crippen LogP contribution < -0.4 is 22.1 Å². The molecule has 7 N–H and O–H groups in total. The molecule has 0 aromatic heterocycles. The Bertz CT molecular complexity index is 1560. The molecule has 10 heteroatoms. The number of hydrogen-bond acceptors (Lipinski definition) is 6. The summed E-state index contributed by atoms with van der Waals surface area (Å²) in [5.74, 6) is -2.71. The van der Waals surface area contributed by atoms with Gasteiger partial charge < -0.3 is 32.1 Å². The molecular formula is C34H41N5O5. The van der Waals surface area contributed by atoms with E-state index >= 15 is 0 Å². The molecule has 4 amide bonds. The summed E-state index contributed by atoms with van der Waals surface area (Å²) in [7, 11) is 0. The van der Waals surface area contributed by atoms with E-state index < -0.39 is 53.5 Å². The van der Waals surface area contributed by atoms with E-state index in [1.165, 1.54) is 4.90 Å². The van der Waals surface area contributed by atoms with Gasteiger partial charge in [0.15, 0.2) is 0 Å². The van der Waals surface area contributed by atoms with Crippen molar-refractivity contribution in [2.45, 2.75) is 70.1 Å². The van der Waals surface area contributed by atoms with Crippen LogP contribution in [0, 0.1) is 13.8 Å². The third kappa shape index (κ3) is 8.23. The number of nitrogens with one attached hydrogen (secondary N) is 2. The first kappa shape index (κ1) is 29.4. The lowest BCUT2D eigenvalue weighted by molar-refractivity contribution is -0.140. The third-order valence-electron chi connectivity index (χ3n) is 7.96. The zero-order chi connectivity index (χ0) is 33.5. The summed E-state index contributed by atoms with van der Waals surface area (Å²) in [6.07, 6.45) is 1.26. The molecule has 1 aliphatic rings. The summed E-state index contributed by atoms with van der Waals surface area (Å²) in [6.45, 7) is 3.56. The second-order valence-corrected chi connectivity index (χ2v) is 11.2. The lowest BCUT2D eigenvalue weighted by Crippen LogP contribution is -2.58. The molecular weight excluding hydrogens is 558 g/mol. The lowest BCUT2D eigenvalue weighted by atomic mass is 9.95. The van der Waals surface area contributed by atoms with Gasteiger partial charge in [-0.15, -0.1) is 0 Å². The van der Waals surface area contributed by atoms with Gasteiger partial charge in [-0.25, -0.2) is 0 Å². The van der Waals surface area contributed by atoms with Gasteiger partial charge in [-0.1, -0.05) is 60.7 Å². The van der Waals surface area contributed by atoms with Crippen molar-refractivity contribution in [1.82, 2.24) is 15.5 Å². The van der Waals surface area contributed by atoms with Crippen molar-refractivity contribution >= 4 is 23.6 Å². The summed E-state index contributed by atoms with van der Waals surface area (Å²) in [5, 5.41) is 15.6. The summed E-state index contributed by atoms with van der Waals surface area (Å²) in [4.78, 5) is 54.6. The van der Waals surface area contributed by atoms with Gasteiger partial charge in [0, 0.05) is 19.4 Å². The van der Waals surface area contributed by atoms with Crippen LogP contribution in [0.4, 0.5) is 0 Å². The van der Waals surface area contributed by atoms with Crippen LogP contribution in [-0.4, -0.2) is 64.3 Å². The van der Waals surface area contributed by atoms with Gasteiger partial charge in [0.1, 0.15) is 23.9 Å². The van der Waals surface area contributed by atoms with Gasteiger partial charge >= 0.3 is 0 Å². The maximum atomic E-state index is 13.7. The minimum absolute atomic E-state index is 0.0222. The number of primary amides is 1.